The van der Waals surface area contributed by atoms with Crippen molar-refractivity contribution in [2.45, 2.75) is 6.92 Å². The van der Waals surface area contributed by atoms with E-state index in [1.165, 1.54) is 0 Å². The summed E-state index contributed by atoms with van der Waals surface area (Å²) in [4.78, 5) is 3.90. The molecular weight excluding hydrogens is 190 g/mol. The first kappa shape index (κ1) is 9.52. The van der Waals surface area contributed by atoms with Crippen LogP contribution in [0.5, 0.6) is 17.2 Å². The van der Waals surface area contributed by atoms with Gasteiger partial charge in [-0.1, -0.05) is 6.07 Å². The zero-order valence-corrected chi connectivity index (χ0v) is 8.34. The topological polar surface area (TPSA) is 42.4 Å². The molecule has 76 valence electrons. The minimum absolute atomic E-state index is 0.238. The van der Waals surface area contributed by atoms with Crippen LogP contribution in [0.4, 0.5) is 0 Å². The van der Waals surface area contributed by atoms with Crippen LogP contribution in [0.15, 0.2) is 42.7 Å². The van der Waals surface area contributed by atoms with Crippen LogP contribution in [0.2, 0.25) is 0 Å². The number of phenols is 1. The first-order chi connectivity index (χ1) is 7.27. The highest BCUT2D eigenvalue weighted by Gasteiger charge is 2.04. The Balaban J connectivity index is 2.29. The zero-order valence-electron chi connectivity index (χ0n) is 8.34. The third kappa shape index (κ3) is 2.07. The summed E-state index contributed by atoms with van der Waals surface area (Å²) >= 11 is 0. The van der Waals surface area contributed by atoms with Gasteiger partial charge in [-0.05, 0) is 31.2 Å². The Labute approximate surface area is 88.0 Å². The summed E-state index contributed by atoms with van der Waals surface area (Å²) in [5, 5.41) is 9.49. The van der Waals surface area contributed by atoms with Crippen molar-refractivity contribution in [3.63, 3.8) is 0 Å². The standard InChI is InChI=1S/C12H11NO2/c1-9-11(14)3-2-4-12(9)15-10-5-7-13-8-6-10/h2-8,14H,1H3. The summed E-state index contributed by atoms with van der Waals surface area (Å²) in [7, 11) is 0. The average Bonchev–Trinajstić information content (AvgIpc) is 2.26. The summed E-state index contributed by atoms with van der Waals surface area (Å²) in [5.41, 5.74) is 0.731. The van der Waals surface area contributed by atoms with Crippen LogP contribution in [0, 0.1) is 6.92 Å². The number of hydrogen-bond donors (Lipinski definition) is 1. The number of rotatable bonds is 2. The summed E-state index contributed by atoms with van der Waals surface area (Å²) < 4.78 is 5.59. The quantitative estimate of drug-likeness (QED) is 0.812. The van der Waals surface area contributed by atoms with Crippen molar-refractivity contribution < 1.29 is 9.84 Å². The molecule has 0 aliphatic heterocycles. The van der Waals surface area contributed by atoms with E-state index in [-0.39, 0.29) is 5.75 Å². The van der Waals surface area contributed by atoms with Crippen molar-refractivity contribution in [2.75, 3.05) is 0 Å². The van der Waals surface area contributed by atoms with Crippen molar-refractivity contribution in [1.82, 2.24) is 4.98 Å². The Morgan fingerprint density at radius 2 is 1.87 bits per heavy atom. The number of pyridine rings is 1. The van der Waals surface area contributed by atoms with E-state index in [2.05, 4.69) is 4.98 Å². The molecular formula is C12H11NO2. The predicted molar refractivity (Wildman–Crippen MR) is 57.2 cm³/mol. The third-order valence-electron chi connectivity index (χ3n) is 2.13. The van der Waals surface area contributed by atoms with E-state index in [9.17, 15) is 5.11 Å². The molecule has 0 spiro atoms. The van der Waals surface area contributed by atoms with Crippen LogP contribution in [0.25, 0.3) is 0 Å². The molecule has 0 atom stereocenters. The van der Waals surface area contributed by atoms with E-state index in [0.717, 1.165) is 5.56 Å². The van der Waals surface area contributed by atoms with Crippen LogP contribution in [0.1, 0.15) is 5.56 Å². The fourth-order valence-corrected chi connectivity index (χ4v) is 1.25. The average molecular weight is 201 g/mol. The van der Waals surface area contributed by atoms with E-state index in [0.29, 0.717) is 11.5 Å². The van der Waals surface area contributed by atoms with Crippen molar-refractivity contribution in [1.29, 1.82) is 0 Å². The van der Waals surface area contributed by atoms with E-state index >= 15 is 0 Å². The monoisotopic (exact) mass is 201 g/mol. The summed E-state index contributed by atoms with van der Waals surface area (Å²) in [6, 6.07) is 8.73. The Bertz CT molecular complexity index is 454. The summed E-state index contributed by atoms with van der Waals surface area (Å²) in [6.07, 6.45) is 3.32. The SMILES string of the molecule is Cc1c(O)cccc1Oc1ccncc1. The van der Waals surface area contributed by atoms with Crippen LogP contribution in [0.3, 0.4) is 0 Å². The molecule has 0 amide bonds. The molecule has 0 radical (unpaired) electrons. The summed E-state index contributed by atoms with van der Waals surface area (Å²) in [6.45, 7) is 1.81. The number of nitrogens with zero attached hydrogens (tertiary/aromatic N) is 1. The second kappa shape index (κ2) is 4.00. The smallest absolute Gasteiger partial charge is 0.134 e. The Morgan fingerprint density at radius 1 is 1.13 bits per heavy atom. The fourth-order valence-electron chi connectivity index (χ4n) is 1.25. The first-order valence-corrected chi connectivity index (χ1v) is 4.64. The molecule has 0 aliphatic rings. The van der Waals surface area contributed by atoms with E-state index in [1.54, 1.807) is 36.7 Å². The lowest BCUT2D eigenvalue weighted by molar-refractivity contribution is 0.448. The van der Waals surface area contributed by atoms with E-state index in [4.69, 9.17) is 4.74 Å². The van der Waals surface area contributed by atoms with Gasteiger partial charge in [0.25, 0.3) is 0 Å². The minimum Gasteiger partial charge on any atom is -0.508 e. The third-order valence-corrected chi connectivity index (χ3v) is 2.13. The van der Waals surface area contributed by atoms with Crippen LogP contribution >= 0.6 is 0 Å². The maximum atomic E-state index is 9.49. The Kier molecular flexibility index (Phi) is 2.54. The van der Waals surface area contributed by atoms with Crippen molar-refractivity contribution >= 4 is 0 Å². The molecule has 1 aromatic heterocycles. The van der Waals surface area contributed by atoms with Gasteiger partial charge in [-0.2, -0.15) is 0 Å². The molecule has 0 saturated carbocycles. The van der Waals surface area contributed by atoms with Crippen molar-refractivity contribution in [3.8, 4) is 17.2 Å². The maximum Gasteiger partial charge on any atom is 0.134 e. The predicted octanol–water partition coefficient (Wildman–Crippen LogP) is 2.89. The zero-order chi connectivity index (χ0) is 10.7. The number of aromatic nitrogens is 1. The fraction of sp³-hybridized carbons (Fsp3) is 0.0833. The number of benzene rings is 1. The van der Waals surface area contributed by atoms with Gasteiger partial charge in [0, 0.05) is 18.0 Å². The number of ether oxygens (including phenoxy) is 1. The van der Waals surface area contributed by atoms with Gasteiger partial charge in [0.15, 0.2) is 0 Å². The lowest BCUT2D eigenvalue weighted by atomic mass is 10.2. The second-order valence-corrected chi connectivity index (χ2v) is 3.19. The van der Waals surface area contributed by atoms with Crippen molar-refractivity contribution in [3.05, 3.63) is 48.3 Å². The molecule has 1 heterocycles. The molecule has 0 unspecified atom stereocenters. The van der Waals surface area contributed by atoms with Gasteiger partial charge >= 0.3 is 0 Å². The van der Waals surface area contributed by atoms with Gasteiger partial charge in [-0.15, -0.1) is 0 Å². The van der Waals surface area contributed by atoms with E-state index < -0.39 is 0 Å². The van der Waals surface area contributed by atoms with Crippen molar-refractivity contribution in [2.24, 2.45) is 0 Å². The highest BCUT2D eigenvalue weighted by molar-refractivity contribution is 5.44. The Hall–Kier alpha value is -2.03. The minimum atomic E-state index is 0.238. The molecule has 3 heteroatoms. The molecule has 0 saturated heterocycles. The molecule has 0 aliphatic carbocycles. The van der Waals surface area contributed by atoms with Gasteiger partial charge in [-0.3, -0.25) is 4.98 Å². The van der Waals surface area contributed by atoms with Gasteiger partial charge < -0.3 is 9.84 Å². The van der Waals surface area contributed by atoms with E-state index in [1.807, 2.05) is 13.0 Å². The van der Waals surface area contributed by atoms with Crippen LogP contribution in [-0.2, 0) is 0 Å². The molecule has 1 aromatic carbocycles. The summed E-state index contributed by atoms with van der Waals surface area (Å²) in [5.74, 6) is 1.60. The molecule has 0 bridgehead atoms. The maximum absolute atomic E-state index is 9.49. The molecule has 1 N–H and O–H groups in total. The molecule has 2 rings (SSSR count). The van der Waals surface area contributed by atoms with Gasteiger partial charge in [-0.25, -0.2) is 0 Å². The lowest BCUT2D eigenvalue weighted by Crippen LogP contribution is -1.87. The molecule has 2 aromatic rings. The molecule has 0 fully saturated rings. The van der Waals surface area contributed by atoms with Crippen LogP contribution in [-0.4, -0.2) is 10.1 Å². The second-order valence-electron chi connectivity index (χ2n) is 3.19. The number of hydrogen-bond acceptors (Lipinski definition) is 3. The lowest BCUT2D eigenvalue weighted by Gasteiger charge is -2.08. The van der Waals surface area contributed by atoms with Crippen LogP contribution < -0.4 is 4.74 Å². The highest BCUT2D eigenvalue weighted by Crippen LogP contribution is 2.29. The van der Waals surface area contributed by atoms with Gasteiger partial charge in [0.05, 0.1) is 0 Å². The highest BCUT2D eigenvalue weighted by atomic mass is 16.5. The Morgan fingerprint density at radius 3 is 2.60 bits per heavy atom. The first-order valence-electron chi connectivity index (χ1n) is 4.64. The molecule has 15 heavy (non-hydrogen) atoms. The largest absolute Gasteiger partial charge is 0.508 e. The number of phenolic OH excluding ortho intramolecular Hbond substituents is 1. The molecule has 3 nitrogen and oxygen atoms in total. The normalized spacial score (nSPS) is 9.93. The number of aromatic hydroxyl groups is 1. The van der Waals surface area contributed by atoms with Gasteiger partial charge in [0.1, 0.15) is 17.2 Å². The van der Waals surface area contributed by atoms with Gasteiger partial charge in [0.2, 0.25) is 0 Å².